The molecule has 44 valence electrons. The highest BCUT2D eigenvalue weighted by molar-refractivity contribution is 8.06. The molecule has 0 aromatic carbocycles. The third kappa shape index (κ3) is 4.67. The number of hydrogen-bond donors (Lipinski definition) is 0. The summed E-state index contributed by atoms with van der Waals surface area (Å²) in [5.41, 5.74) is 0. The molecule has 0 aliphatic carbocycles. The maximum atomic E-state index is 10.2. The van der Waals surface area contributed by atoms with Crippen molar-refractivity contribution in [3.63, 3.8) is 0 Å². The van der Waals surface area contributed by atoms with Gasteiger partial charge in [0.25, 0.3) is 0 Å². The van der Waals surface area contributed by atoms with Crippen LogP contribution >= 0.6 is 11.8 Å². The van der Waals surface area contributed by atoms with E-state index in [1.54, 1.807) is 5.40 Å². The first kappa shape index (κ1) is 7.81. The number of terminal acetylenes is 1. The standard InChI is InChI=1S/C6H3NOS/c1-2-6(8)3-4-9-5-7/h1,3-4H/b4-3+. The maximum Gasteiger partial charge on any atom is 0.228 e. The van der Waals surface area contributed by atoms with Crippen molar-refractivity contribution in [1.82, 2.24) is 0 Å². The molecule has 0 aliphatic heterocycles. The normalized spacial score (nSPS) is 8.22. The van der Waals surface area contributed by atoms with Gasteiger partial charge in [-0.25, -0.2) is 0 Å². The Balaban J connectivity index is 3.64. The van der Waals surface area contributed by atoms with E-state index in [2.05, 4.69) is 0 Å². The first-order chi connectivity index (χ1) is 4.31. The fourth-order valence-corrected chi connectivity index (χ4v) is 0.427. The molecule has 0 rings (SSSR count). The number of carbonyl (C=O) groups is 1. The van der Waals surface area contributed by atoms with E-state index in [4.69, 9.17) is 11.7 Å². The maximum absolute atomic E-state index is 10.2. The Morgan fingerprint density at radius 2 is 2.44 bits per heavy atom. The third-order valence-corrected chi connectivity index (χ3v) is 0.860. The summed E-state index contributed by atoms with van der Waals surface area (Å²) in [6, 6.07) is 0. The van der Waals surface area contributed by atoms with Crippen molar-refractivity contribution in [1.29, 1.82) is 5.26 Å². The minimum Gasteiger partial charge on any atom is -0.280 e. The molecule has 0 radical (unpaired) electrons. The van der Waals surface area contributed by atoms with E-state index in [1.807, 2.05) is 5.92 Å². The van der Waals surface area contributed by atoms with Crippen molar-refractivity contribution < 1.29 is 4.79 Å². The van der Waals surface area contributed by atoms with Gasteiger partial charge in [0.15, 0.2) is 0 Å². The molecule has 0 spiro atoms. The van der Waals surface area contributed by atoms with E-state index in [0.717, 1.165) is 11.8 Å². The lowest BCUT2D eigenvalue weighted by atomic mass is 10.4. The molecule has 0 aromatic heterocycles. The molecule has 0 aliphatic rings. The lowest BCUT2D eigenvalue weighted by Crippen LogP contribution is -1.81. The molecule has 0 fully saturated rings. The average molecular weight is 137 g/mol. The van der Waals surface area contributed by atoms with Gasteiger partial charge in [-0.3, -0.25) is 4.79 Å². The molecular weight excluding hydrogens is 134 g/mol. The Hall–Kier alpha value is -1.19. The number of carbonyl (C=O) groups excluding carboxylic acids is 1. The number of thiocyanates is 1. The summed E-state index contributed by atoms with van der Waals surface area (Å²) >= 11 is 0.860. The first-order valence-corrected chi connectivity index (χ1v) is 2.91. The lowest BCUT2D eigenvalue weighted by Gasteiger charge is -1.72. The highest BCUT2D eigenvalue weighted by Crippen LogP contribution is 1.96. The largest absolute Gasteiger partial charge is 0.280 e. The number of nitrogens with zero attached hydrogens (tertiary/aromatic N) is 1. The van der Waals surface area contributed by atoms with Crippen LogP contribution in [0.5, 0.6) is 0 Å². The molecule has 0 heterocycles. The van der Waals surface area contributed by atoms with Gasteiger partial charge in [0.1, 0.15) is 5.40 Å². The molecule has 0 saturated heterocycles. The quantitative estimate of drug-likeness (QED) is 0.246. The second-order valence-corrected chi connectivity index (χ2v) is 1.71. The second kappa shape index (κ2) is 4.96. The zero-order valence-electron chi connectivity index (χ0n) is 4.50. The first-order valence-electron chi connectivity index (χ1n) is 2.03. The van der Waals surface area contributed by atoms with Gasteiger partial charge in [0, 0.05) is 6.08 Å². The van der Waals surface area contributed by atoms with Crippen molar-refractivity contribution in [3.05, 3.63) is 11.5 Å². The summed E-state index contributed by atoms with van der Waals surface area (Å²) in [6.45, 7) is 0. The third-order valence-electron chi connectivity index (χ3n) is 0.482. The molecule has 0 amide bonds. The van der Waals surface area contributed by atoms with Crippen LogP contribution in [0.2, 0.25) is 0 Å². The van der Waals surface area contributed by atoms with E-state index < -0.39 is 5.78 Å². The monoisotopic (exact) mass is 137 g/mol. The van der Waals surface area contributed by atoms with Gasteiger partial charge in [-0.1, -0.05) is 0 Å². The number of hydrogen-bond acceptors (Lipinski definition) is 3. The van der Waals surface area contributed by atoms with E-state index >= 15 is 0 Å². The Kier molecular flexibility index (Phi) is 4.30. The Bertz CT molecular complexity index is 206. The van der Waals surface area contributed by atoms with Crippen molar-refractivity contribution in [3.8, 4) is 17.7 Å². The van der Waals surface area contributed by atoms with Crippen molar-refractivity contribution in [2.45, 2.75) is 0 Å². The molecule has 0 saturated carbocycles. The second-order valence-electron chi connectivity index (χ2n) is 1.02. The fourth-order valence-electron chi connectivity index (χ4n) is 0.174. The van der Waals surface area contributed by atoms with Crippen LogP contribution in [0.3, 0.4) is 0 Å². The van der Waals surface area contributed by atoms with Gasteiger partial charge in [0.05, 0.1) is 0 Å². The molecule has 0 N–H and O–H groups in total. The van der Waals surface area contributed by atoms with Gasteiger partial charge < -0.3 is 0 Å². The van der Waals surface area contributed by atoms with Crippen molar-refractivity contribution >= 4 is 17.5 Å². The summed E-state index contributed by atoms with van der Waals surface area (Å²) < 4.78 is 0. The highest BCUT2D eigenvalue weighted by Gasteiger charge is 1.83. The number of rotatable bonds is 2. The van der Waals surface area contributed by atoms with Gasteiger partial charge >= 0.3 is 0 Å². The Labute approximate surface area is 57.6 Å². The minimum absolute atomic E-state index is 0.419. The zero-order valence-corrected chi connectivity index (χ0v) is 5.31. The topological polar surface area (TPSA) is 40.9 Å². The van der Waals surface area contributed by atoms with Crippen LogP contribution in [0.4, 0.5) is 0 Å². The molecule has 2 nitrogen and oxygen atoms in total. The lowest BCUT2D eigenvalue weighted by molar-refractivity contribution is -0.109. The summed E-state index contributed by atoms with van der Waals surface area (Å²) in [5, 5.41) is 11.1. The van der Waals surface area contributed by atoms with Crippen LogP contribution in [0.1, 0.15) is 0 Å². The van der Waals surface area contributed by atoms with E-state index in [1.165, 1.54) is 11.5 Å². The van der Waals surface area contributed by atoms with Gasteiger partial charge in [-0.15, -0.1) is 6.42 Å². The predicted octanol–water partition coefficient (Wildman–Crippen LogP) is 0.917. The van der Waals surface area contributed by atoms with E-state index in [9.17, 15) is 4.79 Å². The number of allylic oxidation sites excluding steroid dienone is 1. The van der Waals surface area contributed by atoms with Crippen LogP contribution in [0.25, 0.3) is 0 Å². The van der Waals surface area contributed by atoms with Crippen LogP contribution in [-0.4, -0.2) is 5.78 Å². The summed E-state index contributed by atoms with van der Waals surface area (Å²) in [6.07, 6.45) is 5.89. The van der Waals surface area contributed by atoms with Crippen LogP contribution < -0.4 is 0 Å². The molecule has 9 heavy (non-hydrogen) atoms. The molecular formula is C6H3NOS. The smallest absolute Gasteiger partial charge is 0.228 e. The summed E-state index contributed by atoms with van der Waals surface area (Å²) in [4.78, 5) is 10.2. The predicted molar refractivity (Wildman–Crippen MR) is 36.2 cm³/mol. The number of ketones is 1. The summed E-state index contributed by atoms with van der Waals surface area (Å²) in [5.74, 6) is 1.46. The Morgan fingerprint density at radius 3 is 2.89 bits per heavy atom. The van der Waals surface area contributed by atoms with E-state index in [0.29, 0.717) is 0 Å². The highest BCUT2D eigenvalue weighted by atomic mass is 32.2. The molecule has 0 unspecified atom stereocenters. The average Bonchev–Trinajstić information content (AvgIpc) is 1.89. The molecule has 0 bridgehead atoms. The molecule has 0 aromatic rings. The van der Waals surface area contributed by atoms with Gasteiger partial charge in [0.2, 0.25) is 5.78 Å². The van der Waals surface area contributed by atoms with Crippen LogP contribution in [0.15, 0.2) is 11.5 Å². The van der Waals surface area contributed by atoms with E-state index in [-0.39, 0.29) is 0 Å². The number of thioether (sulfide) groups is 1. The minimum atomic E-state index is -0.419. The van der Waals surface area contributed by atoms with Crippen LogP contribution in [0, 0.1) is 23.0 Å². The summed E-state index contributed by atoms with van der Waals surface area (Å²) in [7, 11) is 0. The zero-order chi connectivity index (χ0) is 7.11. The number of nitriles is 1. The van der Waals surface area contributed by atoms with Crippen LogP contribution in [-0.2, 0) is 4.79 Å². The fraction of sp³-hybridized carbons (Fsp3) is 0. The van der Waals surface area contributed by atoms with Gasteiger partial charge in [-0.2, -0.15) is 5.26 Å². The Morgan fingerprint density at radius 1 is 1.78 bits per heavy atom. The van der Waals surface area contributed by atoms with Crippen molar-refractivity contribution in [2.24, 2.45) is 0 Å². The molecule has 3 heteroatoms. The van der Waals surface area contributed by atoms with Gasteiger partial charge in [-0.05, 0) is 23.1 Å². The molecule has 0 atom stereocenters. The van der Waals surface area contributed by atoms with Crippen molar-refractivity contribution in [2.75, 3.05) is 0 Å². The SMILES string of the molecule is C#CC(=O)/C=C/SC#N.